The molecule has 1 aromatic carbocycles. The highest BCUT2D eigenvalue weighted by Gasteiger charge is 2.58. The Morgan fingerprint density at radius 2 is 1.79 bits per heavy atom. The van der Waals surface area contributed by atoms with Gasteiger partial charge in [0.05, 0.1) is 0 Å². The number of piperidine rings is 2. The first-order valence-corrected chi connectivity index (χ1v) is 10.4. The van der Waals surface area contributed by atoms with E-state index in [0.717, 1.165) is 64.4 Å². The SMILES string of the molecule is CN(Cc1ccccc1)CC1CCN(C(=O)C2CC23CCNCC3)CC1.Cl.Cl. The van der Waals surface area contributed by atoms with Crippen molar-refractivity contribution in [2.24, 2.45) is 17.3 Å². The van der Waals surface area contributed by atoms with Crippen LogP contribution in [0.3, 0.4) is 0 Å². The summed E-state index contributed by atoms with van der Waals surface area (Å²) < 4.78 is 0. The molecule has 0 radical (unpaired) electrons. The fraction of sp³-hybridized carbons (Fsp3) is 0.682. The Hall–Kier alpha value is -0.810. The average molecular weight is 428 g/mol. The van der Waals surface area contributed by atoms with Gasteiger partial charge in [-0.2, -0.15) is 0 Å². The molecular weight excluding hydrogens is 393 g/mol. The number of benzene rings is 1. The maximum absolute atomic E-state index is 12.9. The minimum atomic E-state index is 0. The molecule has 3 aliphatic rings. The van der Waals surface area contributed by atoms with E-state index in [1.165, 1.54) is 18.4 Å². The maximum Gasteiger partial charge on any atom is 0.226 e. The Morgan fingerprint density at radius 1 is 1.14 bits per heavy atom. The number of rotatable bonds is 5. The van der Waals surface area contributed by atoms with Crippen LogP contribution < -0.4 is 5.32 Å². The summed E-state index contributed by atoms with van der Waals surface area (Å²) in [4.78, 5) is 17.5. The molecule has 1 saturated carbocycles. The monoisotopic (exact) mass is 427 g/mol. The Balaban J connectivity index is 0.00000140. The average Bonchev–Trinajstić information content (AvgIpc) is 3.36. The van der Waals surface area contributed by atoms with Crippen LogP contribution in [0.25, 0.3) is 0 Å². The van der Waals surface area contributed by atoms with Crippen LogP contribution >= 0.6 is 24.8 Å². The number of amides is 1. The molecule has 0 bridgehead atoms. The third-order valence-electron chi connectivity index (χ3n) is 6.88. The maximum atomic E-state index is 12.9. The molecule has 3 fully saturated rings. The number of carbonyl (C=O) groups is 1. The minimum Gasteiger partial charge on any atom is -0.342 e. The van der Waals surface area contributed by atoms with Gasteiger partial charge < -0.3 is 15.1 Å². The number of likely N-dealkylation sites (tertiary alicyclic amines) is 1. The van der Waals surface area contributed by atoms with Crippen LogP contribution in [0.2, 0.25) is 0 Å². The summed E-state index contributed by atoms with van der Waals surface area (Å²) in [6.45, 7) is 6.27. The lowest BCUT2D eigenvalue weighted by molar-refractivity contribution is -0.135. The van der Waals surface area contributed by atoms with Crippen molar-refractivity contribution in [3.8, 4) is 0 Å². The highest BCUT2D eigenvalue weighted by molar-refractivity contribution is 5.85. The Kier molecular flexibility index (Phi) is 8.62. The second kappa shape index (κ2) is 10.3. The normalized spacial score (nSPS) is 23.8. The lowest BCUT2D eigenvalue weighted by Crippen LogP contribution is -2.43. The predicted molar refractivity (Wildman–Crippen MR) is 119 cm³/mol. The molecule has 28 heavy (non-hydrogen) atoms. The van der Waals surface area contributed by atoms with E-state index in [-0.39, 0.29) is 24.8 Å². The summed E-state index contributed by atoms with van der Waals surface area (Å²) in [5.74, 6) is 1.52. The topological polar surface area (TPSA) is 35.6 Å². The summed E-state index contributed by atoms with van der Waals surface area (Å²) in [6, 6.07) is 10.7. The van der Waals surface area contributed by atoms with Crippen LogP contribution in [0.15, 0.2) is 30.3 Å². The van der Waals surface area contributed by atoms with Gasteiger partial charge in [-0.25, -0.2) is 0 Å². The largest absolute Gasteiger partial charge is 0.342 e. The molecule has 2 heterocycles. The zero-order valence-corrected chi connectivity index (χ0v) is 18.6. The standard InChI is InChI=1S/C22H33N3O.2ClH/c1-24(16-18-5-3-2-4-6-18)17-19-7-13-25(14-8-19)21(26)20-15-22(20)9-11-23-12-10-22;;/h2-6,19-20,23H,7-17H2,1H3;2*1H. The van der Waals surface area contributed by atoms with Gasteiger partial charge in [-0.15, -0.1) is 24.8 Å². The lowest BCUT2D eigenvalue weighted by Gasteiger charge is -2.35. The van der Waals surface area contributed by atoms with Gasteiger partial charge in [0.15, 0.2) is 0 Å². The van der Waals surface area contributed by atoms with E-state index >= 15 is 0 Å². The summed E-state index contributed by atoms with van der Waals surface area (Å²) in [5, 5.41) is 3.43. The van der Waals surface area contributed by atoms with E-state index in [1.54, 1.807) is 0 Å². The first-order valence-electron chi connectivity index (χ1n) is 10.4. The molecule has 4 nitrogen and oxygen atoms in total. The minimum absolute atomic E-state index is 0. The third-order valence-corrected chi connectivity index (χ3v) is 6.88. The summed E-state index contributed by atoms with van der Waals surface area (Å²) in [5.41, 5.74) is 1.75. The van der Waals surface area contributed by atoms with Gasteiger partial charge in [0, 0.05) is 32.1 Å². The first kappa shape index (κ1) is 23.5. The summed E-state index contributed by atoms with van der Waals surface area (Å²) >= 11 is 0. The highest BCUT2D eigenvalue weighted by Crippen LogP contribution is 2.59. The van der Waals surface area contributed by atoms with E-state index in [2.05, 4.69) is 52.5 Å². The van der Waals surface area contributed by atoms with E-state index in [4.69, 9.17) is 0 Å². The van der Waals surface area contributed by atoms with E-state index < -0.39 is 0 Å². The first-order chi connectivity index (χ1) is 12.7. The number of carbonyl (C=O) groups excluding carboxylic acids is 1. The molecule has 1 atom stereocenters. The predicted octanol–water partition coefficient (Wildman–Crippen LogP) is 3.59. The molecule has 1 aliphatic carbocycles. The van der Waals surface area contributed by atoms with Gasteiger partial charge in [0.25, 0.3) is 0 Å². The van der Waals surface area contributed by atoms with Crippen LogP contribution in [0.5, 0.6) is 0 Å². The smallest absolute Gasteiger partial charge is 0.226 e. The number of hydrogen-bond acceptors (Lipinski definition) is 3. The van der Waals surface area contributed by atoms with Gasteiger partial charge >= 0.3 is 0 Å². The molecular formula is C22H35Cl2N3O. The van der Waals surface area contributed by atoms with Crippen molar-refractivity contribution in [3.63, 3.8) is 0 Å². The lowest BCUT2D eigenvalue weighted by atomic mass is 9.91. The van der Waals surface area contributed by atoms with Crippen molar-refractivity contribution in [2.45, 2.75) is 38.6 Å². The quantitative estimate of drug-likeness (QED) is 0.779. The fourth-order valence-electron chi connectivity index (χ4n) is 5.13. The molecule has 1 N–H and O–H groups in total. The molecule has 1 aromatic rings. The van der Waals surface area contributed by atoms with E-state index in [9.17, 15) is 4.79 Å². The van der Waals surface area contributed by atoms with Crippen molar-refractivity contribution in [2.75, 3.05) is 39.8 Å². The van der Waals surface area contributed by atoms with Crippen molar-refractivity contribution in [1.82, 2.24) is 15.1 Å². The molecule has 2 saturated heterocycles. The zero-order valence-electron chi connectivity index (χ0n) is 16.9. The zero-order chi connectivity index (χ0) is 18.0. The third kappa shape index (κ3) is 5.41. The number of hydrogen-bond donors (Lipinski definition) is 1. The number of nitrogens with zero attached hydrogens (tertiary/aromatic N) is 2. The fourth-order valence-corrected chi connectivity index (χ4v) is 5.13. The Bertz CT molecular complexity index is 613. The van der Waals surface area contributed by atoms with Gasteiger partial charge in [0.1, 0.15) is 0 Å². The van der Waals surface area contributed by atoms with Crippen LogP contribution in [0, 0.1) is 17.3 Å². The van der Waals surface area contributed by atoms with Crippen LogP contribution in [-0.2, 0) is 11.3 Å². The van der Waals surface area contributed by atoms with Crippen molar-refractivity contribution >= 4 is 30.7 Å². The van der Waals surface area contributed by atoms with Gasteiger partial charge in [0.2, 0.25) is 5.91 Å². The highest BCUT2D eigenvalue weighted by atomic mass is 35.5. The second-order valence-electron chi connectivity index (χ2n) is 8.82. The Labute approximate surface area is 182 Å². The van der Waals surface area contributed by atoms with Crippen LogP contribution in [-0.4, -0.2) is 55.5 Å². The molecule has 158 valence electrons. The molecule has 6 heteroatoms. The molecule has 2 aliphatic heterocycles. The second-order valence-corrected chi connectivity index (χ2v) is 8.82. The van der Waals surface area contributed by atoms with Crippen LogP contribution in [0.1, 0.15) is 37.7 Å². The molecule has 1 amide bonds. The summed E-state index contributed by atoms with van der Waals surface area (Å²) in [6.07, 6.45) is 5.86. The molecule has 4 rings (SSSR count). The summed E-state index contributed by atoms with van der Waals surface area (Å²) in [7, 11) is 2.22. The molecule has 1 unspecified atom stereocenters. The Morgan fingerprint density at radius 3 is 2.43 bits per heavy atom. The molecule has 1 spiro atoms. The van der Waals surface area contributed by atoms with Gasteiger partial charge in [-0.05, 0) is 69.1 Å². The molecule has 0 aromatic heterocycles. The van der Waals surface area contributed by atoms with Crippen LogP contribution in [0.4, 0.5) is 0 Å². The van der Waals surface area contributed by atoms with E-state index in [0.29, 0.717) is 17.2 Å². The van der Waals surface area contributed by atoms with Gasteiger partial charge in [-0.3, -0.25) is 4.79 Å². The van der Waals surface area contributed by atoms with Crippen molar-refractivity contribution in [1.29, 1.82) is 0 Å². The number of nitrogens with one attached hydrogen (secondary N) is 1. The van der Waals surface area contributed by atoms with E-state index in [1.807, 2.05) is 0 Å². The van der Waals surface area contributed by atoms with Crippen molar-refractivity contribution in [3.05, 3.63) is 35.9 Å². The van der Waals surface area contributed by atoms with Gasteiger partial charge in [-0.1, -0.05) is 30.3 Å². The van der Waals surface area contributed by atoms with Crippen molar-refractivity contribution < 1.29 is 4.79 Å². The number of halogens is 2.